The van der Waals surface area contributed by atoms with Crippen molar-refractivity contribution in [2.75, 3.05) is 31.1 Å². The van der Waals surface area contributed by atoms with Crippen LogP contribution in [0, 0.1) is 13.8 Å². The number of anilines is 1. The van der Waals surface area contributed by atoms with E-state index >= 15 is 0 Å². The van der Waals surface area contributed by atoms with E-state index in [0.29, 0.717) is 13.1 Å². The van der Waals surface area contributed by atoms with Gasteiger partial charge in [0.05, 0.1) is 0 Å². The smallest absolute Gasteiger partial charge is 0.312 e. The zero-order valence-corrected chi connectivity index (χ0v) is 11.9. The minimum atomic E-state index is -1.06. The first kappa shape index (κ1) is 14.4. The van der Waals surface area contributed by atoms with Crippen molar-refractivity contribution >= 4 is 17.6 Å². The van der Waals surface area contributed by atoms with Gasteiger partial charge in [0.1, 0.15) is 6.42 Å². The Morgan fingerprint density at radius 1 is 1.10 bits per heavy atom. The Hall–Kier alpha value is -2.04. The van der Waals surface area contributed by atoms with Crippen LogP contribution in [0.25, 0.3) is 0 Å². The Morgan fingerprint density at radius 3 is 2.30 bits per heavy atom. The summed E-state index contributed by atoms with van der Waals surface area (Å²) in [6.07, 6.45) is -0.413. The van der Waals surface area contributed by atoms with Crippen molar-refractivity contribution in [2.45, 2.75) is 20.3 Å². The number of piperazine rings is 1. The second kappa shape index (κ2) is 5.94. The number of aryl methyl sites for hydroxylation is 2. The van der Waals surface area contributed by atoms with E-state index in [2.05, 4.69) is 36.9 Å². The molecule has 5 nitrogen and oxygen atoms in total. The Labute approximate surface area is 118 Å². The third-order valence-electron chi connectivity index (χ3n) is 3.79. The van der Waals surface area contributed by atoms with Crippen LogP contribution >= 0.6 is 0 Å². The fraction of sp³-hybridized carbons (Fsp3) is 0.467. The number of rotatable bonds is 3. The van der Waals surface area contributed by atoms with E-state index < -0.39 is 12.4 Å². The van der Waals surface area contributed by atoms with Crippen molar-refractivity contribution in [3.8, 4) is 0 Å². The van der Waals surface area contributed by atoms with Crippen molar-refractivity contribution in [1.29, 1.82) is 0 Å². The summed E-state index contributed by atoms with van der Waals surface area (Å²) in [4.78, 5) is 26.1. The van der Waals surface area contributed by atoms with E-state index in [1.54, 1.807) is 4.90 Å². The van der Waals surface area contributed by atoms with Gasteiger partial charge < -0.3 is 14.9 Å². The molecule has 1 amide bonds. The SMILES string of the molecule is Cc1ccc(N2CCN(C(=O)CC(=O)O)CC2)cc1C. The number of carbonyl (C=O) groups excluding carboxylic acids is 1. The van der Waals surface area contributed by atoms with Gasteiger partial charge in [0.15, 0.2) is 0 Å². The van der Waals surface area contributed by atoms with E-state index in [1.807, 2.05) is 0 Å². The highest BCUT2D eigenvalue weighted by molar-refractivity contribution is 5.93. The summed E-state index contributed by atoms with van der Waals surface area (Å²) in [5.41, 5.74) is 3.69. The lowest BCUT2D eigenvalue weighted by atomic mass is 10.1. The molecule has 0 aliphatic carbocycles. The zero-order chi connectivity index (χ0) is 14.7. The minimum Gasteiger partial charge on any atom is -0.481 e. The van der Waals surface area contributed by atoms with Crippen LogP contribution in [0.3, 0.4) is 0 Å². The van der Waals surface area contributed by atoms with Gasteiger partial charge in [-0.05, 0) is 37.1 Å². The minimum absolute atomic E-state index is 0.294. The Bertz CT molecular complexity index is 520. The average Bonchev–Trinajstić information content (AvgIpc) is 2.41. The molecule has 0 unspecified atom stereocenters. The van der Waals surface area contributed by atoms with E-state index in [-0.39, 0.29) is 5.91 Å². The van der Waals surface area contributed by atoms with Gasteiger partial charge in [-0.3, -0.25) is 9.59 Å². The van der Waals surface area contributed by atoms with Gasteiger partial charge in [-0.2, -0.15) is 0 Å². The molecule has 2 rings (SSSR count). The Morgan fingerprint density at radius 2 is 1.75 bits per heavy atom. The summed E-state index contributed by atoms with van der Waals surface area (Å²) in [7, 11) is 0. The maximum atomic E-state index is 11.7. The van der Waals surface area contributed by atoms with Crippen LogP contribution in [0.5, 0.6) is 0 Å². The molecule has 1 aromatic carbocycles. The highest BCUT2D eigenvalue weighted by Crippen LogP contribution is 2.20. The van der Waals surface area contributed by atoms with Crippen LogP contribution in [0.4, 0.5) is 5.69 Å². The van der Waals surface area contributed by atoms with Gasteiger partial charge >= 0.3 is 5.97 Å². The number of hydrogen-bond donors (Lipinski definition) is 1. The molecule has 0 saturated carbocycles. The molecule has 1 aromatic rings. The molecule has 20 heavy (non-hydrogen) atoms. The first-order valence-corrected chi connectivity index (χ1v) is 6.79. The Kier molecular flexibility index (Phi) is 4.27. The van der Waals surface area contributed by atoms with E-state index in [0.717, 1.165) is 13.1 Å². The number of amides is 1. The number of aliphatic carboxylic acids is 1. The summed E-state index contributed by atoms with van der Waals surface area (Å²) < 4.78 is 0. The summed E-state index contributed by atoms with van der Waals surface area (Å²) in [6.45, 7) is 6.83. The quantitative estimate of drug-likeness (QED) is 0.848. The van der Waals surface area contributed by atoms with E-state index in [9.17, 15) is 9.59 Å². The first-order valence-electron chi connectivity index (χ1n) is 6.79. The molecular formula is C15H20N2O3. The molecule has 5 heteroatoms. The number of benzene rings is 1. The predicted molar refractivity (Wildman–Crippen MR) is 77.0 cm³/mol. The topological polar surface area (TPSA) is 60.9 Å². The highest BCUT2D eigenvalue weighted by atomic mass is 16.4. The second-order valence-corrected chi connectivity index (χ2v) is 5.21. The third kappa shape index (κ3) is 3.29. The molecule has 1 saturated heterocycles. The van der Waals surface area contributed by atoms with Gasteiger partial charge in [-0.1, -0.05) is 6.07 Å². The van der Waals surface area contributed by atoms with E-state index in [4.69, 9.17) is 5.11 Å². The summed E-state index contributed by atoms with van der Waals surface area (Å²) >= 11 is 0. The molecule has 1 fully saturated rings. The molecule has 1 aliphatic heterocycles. The maximum Gasteiger partial charge on any atom is 0.312 e. The lowest BCUT2D eigenvalue weighted by Crippen LogP contribution is -2.49. The molecule has 1 N–H and O–H groups in total. The summed E-state index contributed by atoms with van der Waals surface area (Å²) in [6, 6.07) is 6.35. The van der Waals surface area contributed by atoms with Gasteiger partial charge in [0, 0.05) is 31.9 Å². The van der Waals surface area contributed by atoms with Gasteiger partial charge in [0.2, 0.25) is 5.91 Å². The van der Waals surface area contributed by atoms with E-state index in [1.165, 1.54) is 16.8 Å². The molecule has 0 aromatic heterocycles. The fourth-order valence-corrected chi connectivity index (χ4v) is 2.38. The highest BCUT2D eigenvalue weighted by Gasteiger charge is 2.22. The maximum absolute atomic E-state index is 11.7. The summed E-state index contributed by atoms with van der Waals surface area (Å²) in [5, 5.41) is 8.64. The first-order chi connectivity index (χ1) is 9.47. The van der Waals surface area contributed by atoms with Crippen LogP contribution in [-0.2, 0) is 9.59 Å². The second-order valence-electron chi connectivity index (χ2n) is 5.21. The molecule has 0 atom stereocenters. The van der Waals surface area contributed by atoms with Gasteiger partial charge in [0.25, 0.3) is 0 Å². The zero-order valence-electron chi connectivity index (χ0n) is 11.9. The van der Waals surface area contributed by atoms with Crippen molar-refractivity contribution in [3.05, 3.63) is 29.3 Å². The molecule has 1 aliphatic rings. The van der Waals surface area contributed by atoms with Gasteiger partial charge in [-0.25, -0.2) is 0 Å². The van der Waals surface area contributed by atoms with Crippen LogP contribution in [0.1, 0.15) is 17.5 Å². The van der Waals surface area contributed by atoms with Crippen molar-refractivity contribution < 1.29 is 14.7 Å². The lowest BCUT2D eigenvalue weighted by Gasteiger charge is -2.36. The molecular weight excluding hydrogens is 256 g/mol. The third-order valence-corrected chi connectivity index (χ3v) is 3.79. The lowest BCUT2D eigenvalue weighted by molar-refractivity contribution is -0.144. The number of carboxylic acids is 1. The molecule has 0 radical (unpaired) electrons. The van der Waals surface area contributed by atoms with Crippen LogP contribution in [-0.4, -0.2) is 48.1 Å². The number of carboxylic acid groups (broad SMARTS) is 1. The van der Waals surface area contributed by atoms with Crippen molar-refractivity contribution in [1.82, 2.24) is 4.90 Å². The average molecular weight is 276 g/mol. The van der Waals surface area contributed by atoms with Crippen LogP contribution < -0.4 is 4.90 Å². The largest absolute Gasteiger partial charge is 0.481 e. The Balaban J connectivity index is 1.95. The molecule has 108 valence electrons. The molecule has 1 heterocycles. The molecule has 0 spiro atoms. The number of hydrogen-bond acceptors (Lipinski definition) is 3. The van der Waals surface area contributed by atoms with Crippen molar-refractivity contribution in [3.63, 3.8) is 0 Å². The molecule has 0 bridgehead atoms. The van der Waals surface area contributed by atoms with Crippen LogP contribution in [0.15, 0.2) is 18.2 Å². The summed E-state index contributed by atoms with van der Waals surface area (Å²) in [5.74, 6) is -1.36. The monoisotopic (exact) mass is 276 g/mol. The van der Waals surface area contributed by atoms with Crippen LogP contribution in [0.2, 0.25) is 0 Å². The fourth-order valence-electron chi connectivity index (χ4n) is 2.38. The number of carbonyl (C=O) groups is 2. The predicted octanol–water partition coefficient (Wildman–Crippen LogP) is 1.43. The number of nitrogens with zero attached hydrogens (tertiary/aromatic N) is 2. The normalized spacial score (nSPS) is 15.3. The van der Waals surface area contributed by atoms with Crippen molar-refractivity contribution in [2.24, 2.45) is 0 Å². The standard InChI is InChI=1S/C15H20N2O3/c1-11-3-4-13(9-12(11)2)16-5-7-17(8-6-16)14(18)10-15(19)20/h3-4,9H,5-8,10H2,1-2H3,(H,19,20). The van der Waals surface area contributed by atoms with Gasteiger partial charge in [-0.15, -0.1) is 0 Å².